The molecule has 4 nitrogen and oxygen atoms in total. The Morgan fingerprint density at radius 1 is 0.900 bits per heavy atom. The van der Waals surface area contributed by atoms with Crippen molar-refractivity contribution in [3.8, 4) is 11.1 Å². The van der Waals surface area contributed by atoms with Crippen molar-refractivity contribution in [1.29, 1.82) is 0 Å². The molecule has 0 aliphatic heterocycles. The van der Waals surface area contributed by atoms with E-state index in [9.17, 15) is 4.79 Å². The summed E-state index contributed by atoms with van der Waals surface area (Å²) in [4.78, 5) is 17.1. The molecule has 3 rings (SSSR count). The highest BCUT2D eigenvalue weighted by Crippen LogP contribution is 2.29. The third-order valence-electron chi connectivity index (χ3n) is 6.26. The minimum absolute atomic E-state index is 0.296. The van der Waals surface area contributed by atoms with Crippen LogP contribution in [0.5, 0.6) is 0 Å². The number of benzene rings is 2. The molecule has 1 aliphatic carbocycles. The maximum Gasteiger partial charge on any atom is 0.222 e. The predicted molar refractivity (Wildman–Crippen MR) is 125 cm³/mol. The molecular formula is C26H37N3O. The first kappa shape index (κ1) is 22.5. The summed E-state index contributed by atoms with van der Waals surface area (Å²) in [6, 6.07) is 17.0. The second-order valence-electron chi connectivity index (χ2n) is 8.91. The van der Waals surface area contributed by atoms with Crippen LogP contribution in [0.3, 0.4) is 0 Å². The summed E-state index contributed by atoms with van der Waals surface area (Å²) in [6.07, 6.45) is 7.02. The number of nitrogens with zero attached hydrogens (tertiary/aromatic N) is 2. The van der Waals surface area contributed by atoms with Gasteiger partial charge in [-0.2, -0.15) is 0 Å². The van der Waals surface area contributed by atoms with Gasteiger partial charge in [0.05, 0.1) is 0 Å². The van der Waals surface area contributed by atoms with Crippen molar-refractivity contribution in [2.75, 3.05) is 27.2 Å². The second kappa shape index (κ2) is 11.3. The van der Waals surface area contributed by atoms with Gasteiger partial charge < -0.3 is 15.5 Å². The SMILES string of the molecule is CN(C)CCN(Cc1ccc(-c2ccc(CN)cc2)cc1)C(=O)CCC1CCCC1. The predicted octanol–water partition coefficient (Wildman–Crippen LogP) is 4.67. The summed E-state index contributed by atoms with van der Waals surface area (Å²) in [6.45, 7) is 2.92. The zero-order valence-electron chi connectivity index (χ0n) is 18.6. The quantitative estimate of drug-likeness (QED) is 0.622. The zero-order valence-corrected chi connectivity index (χ0v) is 18.6. The Balaban J connectivity index is 1.62. The Kier molecular flexibility index (Phi) is 8.47. The van der Waals surface area contributed by atoms with E-state index in [0.29, 0.717) is 25.4 Å². The van der Waals surface area contributed by atoms with Crippen molar-refractivity contribution >= 4 is 5.91 Å². The van der Waals surface area contributed by atoms with Crippen LogP contribution in [0.4, 0.5) is 0 Å². The number of amides is 1. The Hall–Kier alpha value is -2.17. The van der Waals surface area contributed by atoms with Gasteiger partial charge in [0, 0.05) is 32.6 Å². The van der Waals surface area contributed by atoms with Crippen LogP contribution < -0.4 is 5.73 Å². The monoisotopic (exact) mass is 407 g/mol. The van der Waals surface area contributed by atoms with Gasteiger partial charge in [-0.15, -0.1) is 0 Å². The molecule has 2 N–H and O–H groups in total. The van der Waals surface area contributed by atoms with Gasteiger partial charge in [0.15, 0.2) is 0 Å². The standard InChI is InChI=1S/C26H37N3O/c1-28(2)17-18-29(26(30)16-11-21-5-3-4-6-21)20-23-9-14-25(15-10-23)24-12-7-22(19-27)8-13-24/h7-10,12-15,21H,3-6,11,16-20,27H2,1-2H3. The van der Waals surface area contributed by atoms with E-state index < -0.39 is 0 Å². The summed E-state index contributed by atoms with van der Waals surface area (Å²) in [5, 5.41) is 0. The first-order valence-corrected chi connectivity index (χ1v) is 11.4. The van der Waals surface area contributed by atoms with Crippen LogP contribution in [0, 0.1) is 5.92 Å². The van der Waals surface area contributed by atoms with E-state index in [4.69, 9.17) is 5.73 Å². The average molecular weight is 408 g/mol. The van der Waals surface area contributed by atoms with E-state index in [0.717, 1.165) is 31.0 Å². The molecule has 162 valence electrons. The zero-order chi connectivity index (χ0) is 21.3. The van der Waals surface area contributed by atoms with Gasteiger partial charge in [-0.05, 0) is 48.7 Å². The van der Waals surface area contributed by atoms with E-state index in [-0.39, 0.29) is 0 Å². The molecule has 0 bridgehead atoms. The molecule has 1 saturated carbocycles. The van der Waals surface area contributed by atoms with Crippen LogP contribution in [0.25, 0.3) is 11.1 Å². The molecule has 2 aromatic carbocycles. The van der Waals surface area contributed by atoms with Crippen LogP contribution in [0.2, 0.25) is 0 Å². The van der Waals surface area contributed by atoms with Crippen LogP contribution in [0.1, 0.15) is 49.7 Å². The largest absolute Gasteiger partial charge is 0.337 e. The van der Waals surface area contributed by atoms with E-state index in [2.05, 4.69) is 67.5 Å². The van der Waals surface area contributed by atoms with Crippen LogP contribution in [0.15, 0.2) is 48.5 Å². The summed E-state index contributed by atoms with van der Waals surface area (Å²) in [5.41, 5.74) is 10.4. The maximum atomic E-state index is 13.0. The van der Waals surface area contributed by atoms with Crippen LogP contribution >= 0.6 is 0 Å². The van der Waals surface area contributed by atoms with Gasteiger partial charge in [-0.25, -0.2) is 0 Å². The Morgan fingerprint density at radius 2 is 1.47 bits per heavy atom. The molecular weight excluding hydrogens is 370 g/mol. The normalized spacial score (nSPS) is 14.4. The van der Waals surface area contributed by atoms with E-state index in [1.165, 1.54) is 42.4 Å². The van der Waals surface area contributed by atoms with Gasteiger partial charge >= 0.3 is 0 Å². The number of nitrogens with two attached hydrogens (primary N) is 1. The lowest BCUT2D eigenvalue weighted by molar-refractivity contribution is -0.132. The van der Waals surface area contributed by atoms with Crippen molar-refractivity contribution in [3.05, 3.63) is 59.7 Å². The molecule has 0 aromatic heterocycles. The van der Waals surface area contributed by atoms with Crippen molar-refractivity contribution in [2.45, 2.75) is 51.6 Å². The van der Waals surface area contributed by atoms with Gasteiger partial charge in [0.2, 0.25) is 5.91 Å². The van der Waals surface area contributed by atoms with Crippen LogP contribution in [-0.2, 0) is 17.9 Å². The average Bonchev–Trinajstić information content (AvgIpc) is 3.29. The molecule has 0 atom stereocenters. The summed E-state index contributed by atoms with van der Waals surface area (Å²) < 4.78 is 0. The highest BCUT2D eigenvalue weighted by molar-refractivity contribution is 5.76. The summed E-state index contributed by atoms with van der Waals surface area (Å²) >= 11 is 0. The Bertz CT molecular complexity index is 777. The first-order valence-electron chi connectivity index (χ1n) is 11.4. The minimum Gasteiger partial charge on any atom is -0.337 e. The molecule has 0 spiro atoms. The van der Waals surface area contributed by atoms with Crippen molar-refractivity contribution in [2.24, 2.45) is 11.7 Å². The summed E-state index contributed by atoms with van der Waals surface area (Å²) in [5.74, 6) is 1.06. The Morgan fingerprint density at radius 3 is 2.00 bits per heavy atom. The lowest BCUT2D eigenvalue weighted by atomic mass is 10.0. The number of rotatable bonds is 10. The van der Waals surface area contributed by atoms with Crippen molar-refractivity contribution < 1.29 is 4.79 Å². The van der Waals surface area contributed by atoms with Crippen molar-refractivity contribution in [1.82, 2.24) is 9.80 Å². The van der Waals surface area contributed by atoms with E-state index in [1.54, 1.807) is 0 Å². The molecule has 0 saturated heterocycles. The smallest absolute Gasteiger partial charge is 0.222 e. The molecule has 0 unspecified atom stereocenters. The van der Waals surface area contributed by atoms with Gasteiger partial charge in [0.1, 0.15) is 0 Å². The van der Waals surface area contributed by atoms with Gasteiger partial charge in [0.25, 0.3) is 0 Å². The third-order valence-corrected chi connectivity index (χ3v) is 6.26. The number of likely N-dealkylation sites (N-methyl/N-ethyl adjacent to an activating group) is 1. The lowest BCUT2D eigenvalue weighted by Crippen LogP contribution is -2.36. The number of carbonyl (C=O) groups is 1. The molecule has 4 heteroatoms. The van der Waals surface area contributed by atoms with Crippen LogP contribution in [-0.4, -0.2) is 42.9 Å². The Labute approximate surface area is 182 Å². The third kappa shape index (κ3) is 6.68. The second-order valence-corrected chi connectivity index (χ2v) is 8.91. The molecule has 30 heavy (non-hydrogen) atoms. The fourth-order valence-electron chi connectivity index (χ4n) is 4.25. The van der Waals surface area contributed by atoms with E-state index in [1.807, 2.05) is 4.90 Å². The lowest BCUT2D eigenvalue weighted by Gasteiger charge is -2.25. The molecule has 0 radical (unpaired) electrons. The molecule has 1 amide bonds. The molecule has 0 heterocycles. The highest BCUT2D eigenvalue weighted by atomic mass is 16.2. The number of hydrogen-bond donors (Lipinski definition) is 1. The number of carbonyl (C=O) groups excluding carboxylic acids is 1. The molecule has 2 aromatic rings. The van der Waals surface area contributed by atoms with E-state index >= 15 is 0 Å². The van der Waals surface area contributed by atoms with Gasteiger partial charge in [-0.1, -0.05) is 74.2 Å². The van der Waals surface area contributed by atoms with Gasteiger partial charge in [-0.3, -0.25) is 4.79 Å². The summed E-state index contributed by atoms with van der Waals surface area (Å²) in [7, 11) is 4.12. The molecule has 1 aliphatic rings. The topological polar surface area (TPSA) is 49.6 Å². The maximum absolute atomic E-state index is 13.0. The number of hydrogen-bond acceptors (Lipinski definition) is 3. The minimum atomic E-state index is 0.296. The molecule has 1 fully saturated rings. The first-order chi connectivity index (χ1) is 14.5. The fraction of sp³-hybridized carbons (Fsp3) is 0.500. The highest BCUT2D eigenvalue weighted by Gasteiger charge is 2.19. The fourth-order valence-corrected chi connectivity index (χ4v) is 4.25. The van der Waals surface area contributed by atoms with Crippen molar-refractivity contribution in [3.63, 3.8) is 0 Å².